The smallest absolute Gasteiger partial charge is 0.313 e. The first-order valence-corrected chi connectivity index (χ1v) is 11.9. The maximum absolute atomic E-state index is 13.1. The lowest BCUT2D eigenvalue weighted by molar-refractivity contribution is -0.136. The van der Waals surface area contributed by atoms with Gasteiger partial charge in [0.15, 0.2) is 0 Å². The third-order valence-corrected chi connectivity index (χ3v) is 8.05. The van der Waals surface area contributed by atoms with Gasteiger partial charge >= 0.3 is 11.8 Å². The van der Waals surface area contributed by atoms with Crippen molar-refractivity contribution in [2.75, 3.05) is 16.2 Å². The normalized spacial score (nSPS) is 13.4. The maximum Gasteiger partial charge on any atom is 0.313 e. The Kier molecular flexibility index (Phi) is 6.01. The number of nitrogens with zero attached hydrogens (tertiary/aromatic N) is 2. The number of sulfonamides is 1. The van der Waals surface area contributed by atoms with E-state index >= 15 is 0 Å². The minimum atomic E-state index is -3.68. The number of rotatable bonds is 5. The number of benzene rings is 1. The zero-order valence-corrected chi connectivity index (χ0v) is 18.1. The lowest BCUT2D eigenvalue weighted by atomic mass is 10.0. The number of fused-ring (bicyclic) bond motifs is 1. The topological polar surface area (TPSA) is 108 Å². The van der Waals surface area contributed by atoms with Gasteiger partial charge in [0.1, 0.15) is 4.21 Å². The van der Waals surface area contributed by atoms with Crippen molar-refractivity contribution < 1.29 is 18.0 Å². The third kappa shape index (κ3) is 4.59. The summed E-state index contributed by atoms with van der Waals surface area (Å²) < 4.78 is 27.7. The quantitative estimate of drug-likeness (QED) is 0.574. The van der Waals surface area contributed by atoms with Gasteiger partial charge in [-0.1, -0.05) is 12.1 Å². The van der Waals surface area contributed by atoms with Gasteiger partial charge in [-0.25, -0.2) is 8.42 Å². The van der Waals surface area contributed by atoms with E-state index in [-0.39, 0.29) is 10.8 Å². The first-order chi connectivity index (χ1) is 14.9. The molecule has 0 unspecified atom stereocenters. The van der Waals surface area contributed by atoms with Crippen molar-refractivity contribution in [2.24, 2.45) is 0 Å². The molecule has 2 N–H and O–H groups in total. The molecular formula is C21H20N4O4S2. The van der Waals surface area contributed by atoms with Crippen molar-refractivity contribution in [2.45, 2.75) is 23.6 Å². The number of thiophene rings is 1. The lowest BCUT2D eigenvalue weighted by Crippen LogP contribution is -2.36. The zero-order chi connectivity index (χ0) is 21.8. The van der Waals surface area contributed by atoms with Crippen LogP contribution in [-0.2, 0) is 32.6 Å². The average molecular weight is 457 g/mol. The Bertz CT molecular complexity index is 1200. The number of amides is 2. The Morgan fingerprint density at radius 3 is 2.65 bits per heavy atom. The summed E-state index contributed by atoms with van der Waals surface area (Å²) in [6.45, 7) is 0.558. The highest BCUT2D eigenvalue weighted by Crippen LogP contribution is 2.35. The Labute approximate surface area is 184 Å². The summed E-state index contributed by atoms with van der Waals surface area (Å²) in [6, 6.07) is 11.8. The molecule has 0 spiro atoms. The number of aromatic nitrogens is 1. The second-order valence-electron chi connectivity index (χ2n) is 6.95. The highest BCUT2D eigenvalue weighted by atomic mass is 32.2. The number of anilines is 2. The van der Waals surface area contributed by atoms with Gasteiger partial charge in [-0.3, -0.25) is 18.9 Å². The van der Waals surface area contributed by atoms with Gasteiger partial charge in [0.25, 0.3) is 10.0 Å². The minimum absolute atomic E-state index is 0.200. The van der Waals surface area contributed by atoms with E-state index < -0.39 is 21.8 Å². The van der Waals surface area contributed by atoms with E-state index in [9.17, 15) is 18.0 Å². The maximum atomic E-state index is 13.1. The molecule has 4 rings (SSSR count). The highest BCUT2D eigenvalue weighted by Gasteiger charge is 2.30. The van der Waals surface area contributed by atoms with Crippen molar-refractivity contribution in [1.29, 1.82) is 0 Å². The number of hydrogen-bond donors (Lipinski definition) is 2. The molecule has 0 aliphatic carbocycles. The van der Waals surface area contributed by atoms with Crippen LogP contribution in [0.1, 0.15) is 17.5 Å². The molecule has 1 aliphatic heterocycles. The van der Waals surface area contributed by atoms with Crippen molar-refractivity contribution in [1.82, 2.24) is 10.3 Å². The van der Waals surface area contributed by atoms with Crippen molar-refractivity contribution in [3.05, 3.63) is 71.4 Å². The Morgan fingerprint density at radius 2 is 1.90 bits per heavy atom. The first kappa shape index (κ1) is 21.0. The van der Waals surface area contributed by atoms with Gasteiger partial charge in [0, 0.05) is 31.2 Å². The van der Waals surface area contributed by atoms with Gasteiger partial charge in [0.05, 0.1) is 5.69 Å². The molecule has 0 bridgehead atoms. The second kappa shape index (κ2) is 8.86. The molecule has 160 valence electrons. The molecule has 0 saturated carbocycles. The van der Waals surface area contributed by atoms with Crippen LogP contribution in [0, 0.1) is 0 Å². The molecule has 3 heterocycles. The van der Waals surface area contributed by atoms with Gasteiger partial charge in [-0.15, -0.1) is 11.3 Å². The molecule has 2 amide bonds. The predicted molar refractivity (Wildman–Crippen MR) is 118 cm³/mol. The van der Waals surface area contributed by atoms with Crippen LogP contribution >= 0.6 is 11.3 Å². The highest BCUT2D eigenvalue weighted by molar-refractivity contribution is 7.94. The monoisotopic (exact) mass is 456 g/mol. The van der Waals surface area contributed by atoms with Crippen LogP contribution in [0.3, 0.4) is 0 Å². The number of pyridine rings is 1. The summed E-state index contributed by atoms with van der Waals surface area (Å²) in [7, 11) is -3.68. The fraction of sp³-hybridized carbons (Fsp3) is 0.190. The summed E-state index contributed by atoms with van der Waals surface area (Å²) in [6.07, 6.45) is 4.66. The number of nitrogens with one attached hydrogen (secondary N) is 2. The molecule has 0 saturated heterocycles. The molecule has 0 atom stereocenters. The molecule has 0 radical (unpaired) electrons. The molecule has 8 nitrogen and oxygen atoms in total. The van der Waals surface area contributed by atoms with E-state index in [0.717, 1.165) is 28.9 Å². The van der Waals surface area contributed by atoms with E-state index in [1.165, 1.54) is 4.31 Å². The number of carbonyl (C=O) groups is 2. The van der Waals surface area contributed by atoms with Crippen LogP contribution in [0.4, 0.5) is 11.4 Å². The van der Waals surface area contributed by atoms with Crippen molar-refractivity contribution >= 4 is 44.5 Å². The number of aryl methyl sites for hydroxylation is 1. The molecule has 2 aromatic heterocycles. The average Bonchev–Trinajstić information content (AvgIpc) is 3.33. The molecule has 1 aromatic carbocycles. The fourth-order valence-corrected chi connectivity index (χ4v) is 5.98. The number of carbonyl (C=O) groups excluding carboxylic acids is 2. The van der Waals surface area contributed by atoms with Crippen molar-refractivity contribution in [3.8, 4) is 0 Å². The van der Waals surface area contributed by atoms with Gasteiger partial charge < -0.3 is 10.6 Å². The Hall–Kier alpha value is -3.24. The Morgan fingerprint density at radius 1 is 1.10 bits per heavy atom. The number of hydrogen-bond acceptors (Lipinski definition) is 6. The standard InChI is InChI=1S/C21H20N4O4S2/c26-20(23-14-15-7-9-22-10-8-15)21(27)24-17-6-5-16-3-1-11-25(18(16)13-17)31(28,29)19-4-2-12-30-19/h2,4-10,12-13H,1,3,11,14H2,(H,23,26)(H,24,27). The van der Waals surface area contributed by atoms with Crippen LogP contribution in [0.5, 0.6) is 0 Å². The van der Waals surface area contributed by atoms with E-state index in [4.69, 9.17) is 0 Å². The van der Waals surface area contributed by atoms with Gasteiger partial charge in [0.2, 0.25) is 0 Å². The zero-order valence-electron chi connectivity index (χ0n) is 16.4. The molecule has 31 heavy (non-hydrogen) atoms. The lowest BCUT2D eigenvalue weighted by Gasteiger charge is -2.30. The largest absolute Gasteiger partial charge is 0.344 e. The molecule has 10 heteroatoms. The molecule has 1 aliphatic rings. The molecule has 3 aromatic rings. The van der Waals surface area contributed by atoms with E-state index in [1.807, 2.05) is 0 Å². The van der Waals surface area contributed by atoms with E-state index in [2.05, 4.69) is 15.6 Å². The second-order valence-corrected chi connectivity index (χ2v) is 9.99. The fourth-order valence-electron chi connectivity index (χ4n) is 3.34. The SMILES string of the molecule is O=C(NCc1ccncc1)C(=O)Nc1ccc2c(c1)N(S(=O)(=O)c1cccs1)CCC2. The van der Waals surface area contributed by atoms with Crippen LogP contribution in [0.2, 0.25) is 0 Å². The van der Waals surface area contributed by atoms with Crippen LogP contribution in [0.15, 0.2) is 64.4 Å². The van der Waals surface area contributed by atoms with Crippen LogP contribution in [0.25, 0.3) is 0 Å². The molecule has 0 fully saturated rings. The van der Waals surface area contributed by atoms with Crippen LogP contribution < -0.4 is 14.9 Å². The Balaban J connectivity index is 1.49. The van der Waals surface area contributed by atoms with Crippen molar-refractivity contribution in [3.63, 3.8) is 0 Å². The summed E-state index contributed by atoms with van der Waals surface area (Å²) in [5.41, 5.74) is 2.58. The minimum Gasteiger partial charge on any atom is -0.344 e. The van der Waals surface area contributed by atoms with E-state index in [1.54, 1.807) is 60.2 Å². The van der Waals surface area contributed by atoms with Gasteiger partial charge in [-0.2, -0.15) is 0 Å². The summed E-state index contributed by atoms with van der Waals surface area (Å²) >= 11 is 1.16. The first-order valence-electron chi connectivity index (χ1n) is 9.62. The predicted octanol–water partition coefficient (Wildman–Crippen LogP) is 2.54. The third-order valence-electron chi connectivity index (χ3n) is 4.87. The van der Waals surface area contributed by atoms with Gasteiger partial charge in [-0.05, 0) is 59.7 Å². The summed E-state index contributed by atoms with van der Waals surface area (Å²) in [5, 5.41) is 6.82. The molecular weight excluding hydrogens is 436 g/mol. The van der Waals surface area contributed by atoms with E-state index in [0.29, 0.717) is 24.3 Å². The summed E-state index contributed by atoms with van der Waals surface area (Å²) in [5.74, 6) is -1.60. The summed E-state index contributed by atoms with van der Waals surface area (Å²) in [4.78, 5) is 28.3. The van der Waals surface area contributed by atoms with Crippen LogP contribution in [-0.4, -0.2) is 31.8 Å².